The van der Waals surface area contributed by atoms with Gasteiger partial charge in [0.15, 0.2) is 0 Å². The molecule has 0 saturated carbocycles. The van der Waals surface area contributed by atoms with Gasteiger partial charge in [-0.05, 0) is 49.7 Å². The van der Waals surface area contributed by atoms with Gasteiger partial charge in [-0.1, -0.05) is 40.2 Å². The number of aromatic nitrogens is 1. The van der Waals surface area contributed by atoms with Gasteiger partial charge in [0.05, 0.1) is 5.41 Å². The van der Waals surface area contributed by atoms with Crippen molar-refractivity contribution >= 4 is 27.5 Å². The van der Waals surface area contributed by atoms with E-state index >= 15 is 0 Å². The Kier molecular flexibility index (Phi) is 5.91. The Morgan fingerprint density at radius 2 is 1.89 bits per heavy atom. The highest BCUT2D eigenvalue weighted by atomic mass is 79.9. The summed E-state index contributed by atoms with van der Waals surface area (Å²) in [4.78, 5) is 16.9. The predicted octanol–water partition coefficient (Wildman–Crippen LogP) is 5.34. The van der Waals surface area contributed by atoms with Crippen LogP contribution in [0.1, 0.15) is 25.0 Å². The maximum atomic E-state index is 12.8. The van der Waals surface area contributed by atoms with Gasteiger partial charge in [-0.3, -0.25) is 9.78 Å². The summed E-state index contributed by atoms with van der Waals surface area (Å²) in [6.07, 6.45) is 3.50. The lowest BCUT2D eigenvalue weighted by atomic mass is 9.83. The molecule has 0 saturated heterocycles. The molecule has 138 valence electrons. The number of amides is 1. The van der Waals surface area contributed by atoms with E-state index in [1.807, 2.05) is 74.5 Å². The maximum absolute atomic E-state index is 12.8. The lowest BCUT2D eigenvalue weighted by molar-refractivity contribution is -0.120. The van der Waals surface area contributed by atoms with Crippen LogP contribution in [-0.4, -0.2) is 10.9 Å². The largest absolute Gasteiger partial charge is 0.489 e. The highest BCUT2D eigenvalue weighted by Crippen LogP contribution is 2.27. The van der Waals surface area contributed by atoms with E-state index in [0.717, 1.165) is 15.6 Å². The van der Waals surface area contributed by atoms with E-state index in [0.29, 0.717) is 18.0 Å². The van der Waals surface area contributed by atoms with E-state index in [9.17, 15) is 4.79 Å². The van der Waals surface area contributed by atoms with Crippen molar-refractivity contribution in [2.45, 2.75) is 25.9 Å². The molecular formula is C22H21BrN2O2. The van der Waals surface area contributed by atoms with E-state index in [-0.39, 0.29) is 5.91 Å². The van der Waals surface area contributed by atoms with E-state index in [1.54, 1.807) is 12.4 Å². The normalized spacial score (nSPS) is 11.1. The van der Waals surface area contributed by atoms with Crippen LogP contribution < -0.4 is 10.1 Å². The Balaban J connectivity index is 1.68. The van der Waals surface area contributed by atoms with E-state index in [4.69, 9.17) is 4.74 Å². The van der Waals surface area contributed by atoms with Crippen LogP contribution in [0.4, 0.5) is 5.69 Å². The Hall–Kier alpha value is -2.66. The number of carbonyl (C=O) groups is 1. The van der Waals surface area contributed by atoms with Crippen molar-refractivity contribution in [1.82, 2.24) is 4.98 Å². The summed E-state index contributed by atoms with van der Waals surface area (Å²) in [7, 11) is 0. The summed E-state index contributed by atoms with van der Waals surface area (Å²) in [6.45, 7) is 4.25. The number of anilines is 1. The first-order valence-electron chi connectivity index (χ1n) is 8.64. The average Bonchev–Trinajstić information content (AvgIpc) is 2.68. The number of ether oxygens (including phenoxy) is 1. The number of hydrogen-bond acceptors (Lipinski definition) is 3. The van der Waals surface area contributed by atoms with Gasteiger partial charge in [0, 0.05) is 34.2 Å². The van der Waals surface area contributed by atoms with Gasteiger partial charge >= 0.3 is 0 Å². The molecule has 0 bridgehead atoms. The van der Waals surface area contributed by atoms with Crippen LogP contribution in [0.3, 0.4) is 0 Å². The molecule has 0 aliphatic heterocycles. The Morgan fingerprint density at radius 1 is 1.11 bits per heavy atom. The summed E-state index contributed by atoms with van der Waals surface area (Å²) >= 11 is 3.42. The molecule has 4 nitrogen and oxygen atoms in total. The highest BCUT2D eigenvalue weighted by Gasteiger charge is 2.29. The Morgan fingerprint density at radius 3 is 2.59 bits per heavy atom. The number of rotatable bonds is 6. The zero-order valence-electron chi connectivity index (χ0n) is 15.3. The van der Waals surface area contributed by atoms with Crippen LogP contribution in [0.25, 0.3) is 0 Å². The number of pyridine rings is 1. The summed E-state index contributed by atoms with van der Waals surface area (Å²) in [5, 5.41) is 2.99. The molecule has 0 fully saturated rings. The number of benzene rings is 2. The van der Waals surface area contributed by atoms with Crippen LogP contribution in [0, 0.1) is 0 Å². The van der Waals surface area contributed by atoms with Crippen LogP contribution in [0.5, 0.6) is 5.75 Å². The number of halogens is 1. The van der Waals surface area contributed by atoms with Gasteiger partial charge in [-0.2, -0.15) is 0 Å². The van der Waals surface area contributed by atoms with Crippen molar-refractivity contribution in [1.29, 1.82) is 0 Å². The van der Waals surface area contributed by atoms with Crippen LogP contribution in [0.15, 0.2) is 77.5 Å². The van der Waals surface area contributed by atoms with Crippen molar-refractivity contribution in [2.24, 2.45) is 0 Å². The van der Waals surface area contributed by atoms with Crippen molar-refractivity contribution in [3.05, 3.63) is 88.7 Å². The zero-order valence-corrected chi connectivity index (χ0v) is 16.9. The predicted molar refractivity (Wildman–Crippen MR) is 111 cm³/mol. The van der Waals surface area contributed by atoms with Crippen molar-refractivity contribution in [2.75, 3.05) is 5.32 Å². The monoisotopic (exact) mass is 424 g/mol. The van der Waals surface area contributed by atoms with Crippen LogP contribution >= 0.6 is 15.9 Å². The van der Waals surface area contributed by atoms with Gasteiger partial charge in [0.25, 0.3) is 0 Å². The third-order valence-corrected chi connectivity index (χ3v) is 4.88. The van der Waals surface area contributed by atoms with Crippen LogP contribution in [-0.2, 0) is 16.8 Å². The molecule has 3 rings (SSSR count). The van der Waals surface area contributed by atoms with Crippen LogP contribution in [0.2, 0.25) is 0 Å². The maximum Gasteiger partial charge on any atom is 0.234 e. The first-order valence-corrected chi connectivity index (χ1v) is 9.44. The molecule has 0 unspecified atom stereocenters. The Labute approximate surface area is 167 Å². The third kappa shape index (κ3) is 4.95. The van der Waals surface area contributed by atoms with E-state index in [2.05, 4.69) is 26.2 Å². The quantitative estimate of drug-likeness (QED) is 0.580. The minimum Gasteiger partial charge on any atom is -0.489 e. The molecular weight excluding hydrogens is 404 g/mol. The van der Waals surface area contributed by atoms with Gasteiger partial charge in [-0.25, -0.2) is 0 Å². The van der Waals surface area contributed by atoms with Crippen molar-refractivity contribution < 1.29 is 9.53 Å². The van der Waals surface area contributed by atoms with Crippen molar-refractivity contribution in [3.8, 4) is 5.75 Å². The highest BCUT2D eigenvalue weighted by molar-refractivity contribution is 9.10. The molecule has 5 heteroatoms. The smallest absolute Gasteiger partial charge is 0.234 e. The first kappa shape index (κ1) is 19.1. The fourth-order valence-electron chi connectivity index (χ4n) is 2.60. The average molecular weight is 425 g/mol. The molecule has 1 aromatic heterocycles. The lowest BCUT2D eigenvalue weighted by Gasteiger charge is -2.24. The lowest BCUT2D eigenvalue weighted by Crippen LogP contribution is -2.34. The number of hydrogen-bond donors (Lipinski definition) is 1. The van der Waals surface area contributed by atoms with E-state index < -0.39 is 5.41 Å². The molecule has 1 amide bonds. The number of nitrogens with one attached hydrogen (secondary N) is 1. The molecule has 0 aliphatic carbocycles. The minimum absolute atomic E-state index is 0.0748. The Bertz CT molecular complexity index is 909. The molecule has 2 aromatic carbocycles. The topological polar surface area (TPSA) is 51.2 Å². The van der Waals surface area contributed by atoms with E-state index in [1.165, 1.54) is 0 Å². The number of nitrogens with zero attached hydrogens (tertiary/aromatic N) is 1. The molecule has 27 heavy (non-hydrogen) atoms. The second-order valence-corrected chi connectivity index (χ2v) is 7.68. The van der Waals surface area contributed by atoms with Crippen molar-refractivity contribution in [3.63, 3.8) is 0 Å². The molecule has 1 N–H and O–H groups in total. The summed E-state index contributed by atoms with van der Waals surface area (Å²) in [5.74, 6) is 0.618. The molecule has 1 heterocycles. The summed E-state index contributed by atoms with van der Waals surface area (Å²) < 4.78 is 6.79. The third-order valence-electron chi connectivity index (χ3n) is 4.35. The molecule has 0 spiro atoms. The van der Waals surface area contributed by atoms with Gasteiger partial charge < -0.3 is 10.1 Å². The summed E-state index contributed by atoms with van der Waals surface area (Å²) in [6, 6.07) is 19.0. The fourth-order valence-corrected chi connectivity index (χ4v) is 2.86. The molecule has 0 atom stereocenters. The second-order valence-electron chi connectivity index (χ2n) is 6.76. The number of carbonyl (C=O) groups excluding carboxylic acids is 1. The fraction of sp³-hybridized carbons (Fsp3) is 0.182. The molecule has 3 aromatic rings. The second kappa shape index (κ2) is 8.35. The summed E-state index contributed by atoms with van der Waals surface area (Å²) in [5.41, 5.74) is 1.98. The van der Waals surface area contributed by atoms with Gasteiger partial charge in [0.2, 0.25) is 5.91 Å². The molecule has 0 aliphatic rings. The van der Waals surface area contributed by atoms with Gasteiger partial charge in [0.1, 0.15) is 12.4 Å². The zero-order chi connectivity index (χ0) is 19.3. The standard InChI is InChI=1S/C22H21BrN2O2/c1-22(2,17-8-10-18(23)11-9-17)21(26)25-19-6-3-7-20(13-19)27-15-16-5-4-12-24-14-16/h3-14H,15H2,1-2H3,(H,25,26). The first-order chi connectivity index (χ1) is 12.9. The van der Waals surface area contributed by atoms with Gasteiger partial charge in [-0.15, -0.1) is 0 Å². The minimum atomic E-state index is -0.659. The molecule has 0 radical (unpaired) electrons. The SMILES string of the molecule is CC(C)(C(=O)Nc1cccc(OCc2cccnc2)c1)c1ccc(Br)cc1.